The number of benzene rings is 2. The molecule has 0 spiro atoms. The molecule has 1 atom stereocenters. The summed E-state index contributed by atoms with van der Waals surface area (Å²) in [6.45, 7) is 1.59. The molecular formula is C19H22N2O4S. The van der Waals surface area contributed by atoms with E-state index in [9.17, 15) is 13.2 Å². The van der Waals surface area contributed by atoms with Crippen LogP contribution in [0.4, 0.5) is 5.69 Å². The van der Waals surface area contributed by atoms with Crippen LogP contribution in [0.5, 0.6) is 0 Å². The maximum atomic E-state index is 12.8. The lowest BCUT2D eigenvalue weighted by atomic mass is 10.1. The molecule has 2 heterocycles. The summed E-state index contributed by atoms with van der Waals surface area (Å²) in [5.41, 5.74) is 0.706. The van der Waals surface area contributed by atoms with Gasteiger partial charge in [-0.15, -0.1) is 0 Å². The zero-order valence-electron chi connectivity index (χ0n) is 14.5. The Hall–Kier alpha value is -2.12. The van der Waals surface area contributed by atoms with E-state index in [0.29, 0.717) is 36.5 Å². The standard InChI is InChI=1S/C19H22N2O4S/c22-18(20-13-15-7-4-12-25-15)10-3-11-21-16-8-1-5-14-6-2-9-17(19(14)16)26(21,23)24/h1-2,5-6,8-9,15H,3-4,7,10-13H2,(H,20,22)/t15-/m0/s1. The SMILES string of the molecule is O=C(CCCN1c2cccc3cccc(c23)S1(=O)=O)NC[C@@H]1CCCO1. The number of ether oxygens (including phenoxy) is 1. The minimum atomic E-state index is -3.54. The quantitative estimate of drug-likeness (QED) is 0.843. The Balaban J connectivity index is 1.40. The molecule has 2 aliphatic heterocycles. The maximum Gasteiger partial charge on any atom is 0.265 e. The van der Waals surface area contributed by atoms with E-state index in [2.05, 4.69) is 5.32 Å². The van der Waals surface area contributed by atoms with Gasteiger partial charge in [0.2, 0.25) is 5.91 Å². The lowest BCUT2D eigenvalue weighted by Crippen LogP contribution is -2.33. The molecular weight excluding hydrogens is 352 g/mol. The van der Waals surface area contributed by atoms with Crippen molar-refractivity contribution < 1.29 is 17.9 Å². The van der Waals surface area contributed by atoms with Gasteiger partial charge in [-0.1, -0.05) is 24.3 Å². The molecule has 0 bridgehead atoms. The first-order valence-electron chi connectivity index (χ1n) is 9.00. The van der Waals surface area contributed by atoms with Gasteiger partial charge in [0, 0.05) is 31.5 Å². The van der Waals surface area contributed by atoms with Crippen molar-refractivity contribution >= 4 is 32.4 Å². The first kappa shape index (κ1) is 17.3. The zero-order chi connectivity index (χ0) is 18.1. The van der Waals surface area contributed by atoms with Crippen molar-refractivity contribution in [2.75, 3.05) is 24.0 Å². The topological polar surface area (TPSA) is 75.7 Å². The summed E-state index contributed by atoms with van der Waals surface area (Å²) in [7, 11) is -3.54. The van der Waals surface area contributed by atoms with Crippen LogP contribution in [0, 0.1) is 0 Å². The summed E-state index contributed by atoms with van der Waals surface area (Å²) >= 11 is 0. The molecule has 2 aromatic rings. The normalized spacial score (nSPS) is 20.6. The van der Waals surface area contributed by atoms with Crippen LogP contribution in [0.1, 0.15) is 25.7 Å². The van der Waals surface area contributed by atoms with E-state index in [1.165, 1.54) is 4.31 Å². The number of sulfonamides is 1. The van der Waals surface area contributed by atoms with E-state index in [1.54, 1.807) is 12.1 Å². The van der Waals surface area contributed by atoms with Gasteiger partial charge in [0.05, 0.1) is 16.7 Å². The molecule has 7 heteroatoms. The first-order chi connectivity index (χ1) is 12.6. The van der Waals surface area contributed by atoms with E-state index in [4.69, 9.17) is 4.74 Å². The fourth-order valence-electron chi connectivity index (χ4n) is 3.70. The van der Waals surface area contributed by atoms with Gasteiger partial charge >= 0.3 is 0 Å². The van der Waals surface area contributed by atoms with Crippen LogP contribution in [-0.2, 0) is 19.6 Å². The molecule has 26 heavy (non-hydrogen) atoms. The Labute approximate surface area is 153 Å². The number of rotatable bonds is 6. The number of hydrogen-bond acceptors (Lipinski definition) is 4. The molecule has 0 aromatic heterocycles. The molecule has 0 saturated carbocycles. The minimum absolute atomic E-state index is 0.0622. The van der Waals surface area contributed by atoms with Crippen LogP contribution in [0.15, 0.2) is 41.3 Å². The third-order valence-electron chi connectivity index (χ3n) is 5.00. The van der Waals surface area contributed by atoms with Gasteiger partial charge in [-0.05, 0) is 36.8 Å². The minimum Gasteiger partial charge on any atom is -0.376 e. The number of anilines is 1. The van der Waals surface area contributed by atoms with Crippen LogP contribution in [0.3, 0.4) is 0 Å². The van der Waals surface area contributed by atoms with Crippen LogP contribution >= 0.6 is 0 Å². The van der Waals surface area contributed by atoms with Crippen molar-refractivity contribution in [1.82, 2.24) is 5.32 Å². The highest BCUT2D eigenvalue weighted by Crippen LogP contribution is 2.41. The number of amides is 1. The predicted molar refractivity (Wildman–Crippen MR) is 99.7 cm³/mol. The van der Waals surface area contributed by atoms with Crippen molar-refractivity contribution in [3.05, 3.63) is 36.4 Å². The number of carbonyl (C=O) groups excluding carboxylic acids is 1. The van der Waals surface area contributed by atoms with Crippen molar-refractivity contribution in [1.29, 1.82) is 0 Å². The molecule has 1 fully saturated rings. The first-order valence-corrected chi connectivity index (χ1v) is 10.4. The smallest absolute Gasteiger partial charge is 0.265 e. The van der Waals surface area contributed by atoms with Crippen LogP contribution < -0.4 is 9.62 Å². The fraction of sp³-hybridized carbons (Fsp3) is 0.421. The Morgan fingerprint density at radius 2 is 2.04 bits per heavy atom. The molecule has 1 amide bonds. The molecule has 2 aromatic carbocycles. The molecule has 0 unspecified atom stereocenters. The summed E-state index contributed by atoms with van der Waals surface area (Å²) in [5, 5.41) is 4.57. The highest BCUT2D eigenvalue weighted by molar-refractivity contribution is 7.93. The van der Waals surface area contributed by atoms with Crippen LogP contribution in [0.25, 0.3) is 10.8 Å². The summed E-state index contributed by atoms with van der Waals surface area (Å²) in [5.74, 6) is -0.0622. The van der Waals surface area contributed by atoms with Crippen molar-refractivity contribution in [2.45, 2.75) is 36.7 Å². The van der Waals surface area contributed by atoms with E-state index in [0.717, 1.165) is 30.2 Å². The molecule has 0 radical (unpaired) electrons. The monoisotopic (exact) mass is 374 g/mol. The second-order valence-electron chi connectivity index (χ2n) is 6.75. The molecule has 1 saturated heterocycles. The zero-order valence-corrected chi connectivity index (χ0v) is 15.3. The Morgan fingerprint density at radius 3 is 2.81 bits per heavy atom. The molecule has 138 valence electrons. The average Bonchev–Trinajstić information content (AvgIpc) is 3.22. The van der Waals surface area contributed by atoms with Gasteiger partial charge in [-0.2, -0.15) is 0 Å². The van der Waals surface area contributed by atoms with Crippen molar-refractivity contribution in [3.63, 3.8) is 0 Å². The Kier molecular flexibility index (Phi) is 4.58. The number of carbonyl (C=O) groups is 1. The Morgan fingerprint density at radius 1 is 1.23 bits per heavy atom. The molecule has 2 aliphatic rings. The van der Waals surface area contributed by atoms with Gasteiger partial charge in [-0.3, -0.25) is 9.10 Å². The lowest BCUT2D eigenvalue weighted by molar-refractivity contribution is -0.121. The predicted octanol–water partition coefficient (Wildman–Crippen LogP) is 2.42. The van der Waals surface area contributed by atoms with Gasteiger partial charge < -0.3 is 10.1 Å². The van der Waals surface area contributed by atoms with E-state index >= 15 is 0 Å². The largest absolute Gasteiger partial charge is 0.376 e. The van der Waals surface area contributed by atoms with E-state index in [-0.39, 0.29) is 12.0 Å². The number of nitrogens with zero attached hydrogens (tertiary/aromatic N) is 1. The number of hydrogen-bond donors (Lipinski definition) is 1. The highest BCUT2D eigenvalue weighted by atomic mass is 32.2. The van der Waals surface area contributed by atoms with Gasteiger partial charge in [0.15, 0.2) is 0 Å². The summed E-state index contributed by atoms with van der Waals surface area (Å²) in [6.07, 6.45) is 2.91. The lowest BCUT2D eigenvalue weighted by Gasteiger charge is -2.18. The highest BCUT2D eigenvalue weighted by Gasteiger charge is 2.35. The average molecular weight is 374 g/mol. The Bertz CT molecular complexity index is 930. The summed E-state index contributed by atoms with van der Waals surface area (Å²) in [6, 6.07) is 10.9. The maximum absolute atomic E-state index is 12.8. The molecule has 4 rings (SSSR count). The second-order valence-corrected chi connectivity index (χ2v) is 8.58. The third kappa shape index (κ3) is 3.05. The van der Waals surface area contributed by atoms with Crippen LogP contribution in [-0.4, -0.2) is 40.1 Å². The van der Waals surface area contributed by atoms with E-state index in [1.807, 2.05) is 24.3 Å². The molecule has 6 nitrogen and oxygen atoms in total. The molecule has 0 aliphatic carbocycles. The van der Waals surface area contributed by atoms with Crippen molar-refractivity contribution in [3.8, 4) is 0 Å². The summed E-state index contributed by atoms with van der Waals surface area (Å²) in [4.78, 5) is 12.4. The number of nitrogens with one attached hydrogen (secondary N) is 1. The van der Waals surface area contributed by atoms with Gasteiger partial charge in [0.1, 0.15) is 0 Å². The van der Waals surface area contributed by atoms with Gasteiger partial charge in [-0.25, -0.2) is 8.42 Å². The fourth-order valence-corrected chi connectivity index (χ4v) is 5.45. The van der Waals surface area contributed by atoms with Gasteiger partial charge in [0.25, 0.3) is 10.0 Å². The van der Waals surface area contributed by atoms with Crippen LogP contribution in [0.2, 0.25) is 0 Å². The van der Waals surface area contributed by atoms with E-state index < -0.39 is 10.0 Å². The molecule has 1 N–H and O–H groups in total. The van der Waals surface area contributed by atoms with Crippen molar-refractivity contribution in [2.24, 2.45) is 0 Å². The second kappa shape index (κ2) is 6.89. The summed E-state index contributed by atoms with van der Waals surface area (Å²) < 4.78 is 32.6. The third-order valence-corrected chi connectivity index (χ3v) is 6.85.